The van der Waals surface area contributed by atoms with Gasteiger partial charge in [0.05, 0.1) is 39.6 Å². The Morgan fingerprint density at radius 1 is 0.625 bits per heavy atom. The normalized spacial score (nSPS) is 10.0. The monoisotopic (exact) mass is 330 g/mol. The van der Waals surface area contributed by atoms with Crippen LogP contribution in [0.5, 0.6) is 11.5 Å². The molecule has 0 aliphatic carbocycles. The van der Waals surface area contributed by atoms with Crippen molar-refractivity contribution in [3.8, 4) is 22.6 Å². The largest absolute Gasteiger partial charge is 0.497 e. The van der Waals surface area contributed by atoms with Gasteiger partial charge in [0.15, 0.2) is 0 Å². The van der Waals surface area contributed by atoms with E-state index in [-0.39, 0.29) is 0 Å². The minimum atomic E-state index is -0.480. The molecule has 0 heterocycles. The Labute approximate surface area is 139 Å². The number of hydrogen-bond donors (Lipinski definition) is 0. The molecule has 2 aromatic rings. The number of rotatable bonds is 5. The van der Waals surface area contributed by atoms with E-state index in [0.29, 0.717) is 33.8 Å². The summed E-state index contributed by atoms with van der Waals surface area (Å²) in [5.41, 5.74) is 2.04. The lowest BCUT2D eigenvalue weighted by Gasteiger charge is -2.11. The lowest BCUT2D eigenvalue weighted by molar-refractivity contribution is 0.0591. The highest BCUT2D eigenvalue weighted by molar-refractivity contribution is 5.94. The van der Waals surface area contributed by atoms with Gasteiger partial charge in [-0.1, -0.05) is 0 Å². The minimum Gasteiger partial charge on any atom is -0.497 e. The molecular weight excluding hydrogens is 312 g/mol. The summed E-state index contributed by atoms with van der Waals surface area (Å²) in [5, 5.41) is 0. The van der Waals surface area contributed by atoms with Crippen LogP contribution in [0.25, 0.3) is 11.1 Å². The third-order valence-electron chi connectivity index (χ3n) is 3.46. The van der Waals surface area contributed by atoms with Crippen molar-refractivity contribution in [3.05, 3.63) is 47.5 Å². The van der Waals surface area contributed by atoms with Gasteiger partial charge in [-0.3, -0.25) is 0 Å². The summed E-state index contributed by atoms with van der Waals surface area (Å²) in [6.07, 6.45) is 0. The highest BCUT2D eigenvalue weighted by atomic mass is 16.5. The summed E-state index contributed by atoms with van der Waals surface area (Å²) in [6.45, 7) is 0. The van der Waals surface area contributed by atoms with E-state index in [1.807, 2.05) is 0 Å². The van der Waals surface area contributed by atoms with Crippen molar-refractivity contribution in [1.29, 1.82) is 0 Å². The maximum Gasteiger partial charge on any atom is 0.338 e. The van der Waals surface area contributed by atoms with Crippen molar-refractivity contribution in [2.75, 3.05) is 28.4 Å². The number of carbonyl (C=O) groups is 2. The molecule has 0 amide bonds. The lowest BCUT2D eigenvalue weighted by Crippen LogP contribution is -2.03. The molecule has 0 atom stereocenters. The molecule has 2 rings (SSSR count). The summed E-state index contributed by atoms with van der Waals surface area (Å²) >= 11 is 0. The fourth-order valence-electron chi connectivity index (χ4n) is 2.24. The minimum absolute atomic E-state index is 0.342. The van der Waals surface area contributed by atoms with Crippen LogP contribution in [-0.2, 0) is 9.47 Å². The molecule has 0 unspecified atom stereocenters. The Hall–Kier alpha value is -3.02. The second kappa shape index (κ2) is 7.50. The van der Waals surface area contributed by atoms with Crippen LogP contribution in [0.1, 0.15) is 20.7 Å². The zero-order valence-corrected chi connectivity index (χ0v) is 13.9. The lowest BCUT2D eigenvalue weighted by atomic mass is 10.00. The average Bonchev–Trinajstić information content (AvgIpc) is 2.65. The van der Waals surface area contributed by atoms with E-state index in [1.165, 1.54) is 28.4 Å². The van der Waals surface area contributed by atoms with E-state index in [0.717, 1.165) is 0 Å². The summed E-state index contributed by atoms with van der Waals surface area (Å²) in [7, 11) is 5.63. The van der Waals surface area contributed by atoms with Crippen LogP contribution in [0, 0.1) is 0 Å². The molecule has 0 bridgehead atoms. The maximum atomic E-state index is 11.8. The average molecular weight is 330 g/mol. The van der Waals surface area contributed by atoms with Gasteiger partial charge in [0, 0.05) is 0 Å². The Morgan fingerprint density at radius 2 is 1.00 bits per heavy atom. The quantitative estimate of drug-likeness (QED) is 0.785. The first-order chi connectivity index (χ1) is 11.5. The van der Waals surface area contributed by atoms with Gasteiger partial charge in [0.1, 0.15) is 11.5 Å². The van der Waals surface area contributed by atoms with Crippen molar-refractivity contribution in [2.24, 2.45) is 0 Å². The van der Waals surface area contributed by atoms with Crippen molar-refractivity contribution in [3.63, 3.8) is 0 Å². The molecule has 24 heavy (non-hydrogen) atoms. The number of ether oxygens (including phenoxy) is 4. The van der Waals surface area contributed by atoms with Gasteiger partial charge < -0.3 is 18.9 Å². The first kappa shape index (κ1) is 17.3. The Bertz CT molecular complexity index is 701. The van der Waals surface area contributed by atoms with Crippen molar-refractivity contribution in [1.82, 2.24) is 0 Å². The zero-order valence-electron chi connectivity index (χ0n) is 13.9. The number of methoxy groups -OCH3 is 4. The van der Waals surface area contributed by atoms with Crippen molar-refractivity contribution >= 4 is 11.9 Å². The first-order valence-electron chi connectivity index (χ1n) is 7.07. The molecule has 2 aromatic carbocycles. The van der Waals surface area contributed by atoms with E-state index >= 15 is 0 Å². The molecule has 0 aromatic heterocycles. The molecule has 0 fully saturated rings. The number of carbonyl (C=O) groups excluding carboxylic acids is 2. The molecule has 6 heteroatoms. The van der Waals surface area contributed by atoms with E-state index in [2.05, 4.69) is 0 Å². The van der Waals surface area contributed by atoms with Crippen LogP contribution < -0.4 is 9.47 Å². The SMILES string of the molecule is COC(=O)c1cc(OC)cc(-c2cc(OC)cc(C(=O)OC)c2)c1. The molecule has 0 aliphatic rings. The highest BCUT2D eigenvalue weighted by Crippen LogP contribution is 2.30. The topological polar surface area (TPSA) is 71.1 Å². The Balaban J connectivity index is 2.61. The second-order valence-electron chi connectivity index (χ2n) is 4.88. The van der Waals surface area contributed by atoms with E-state index in [1.54, 1.807) is 36.4 Å². The fourth-order valence-corrected chi connectivity index (χ4v) is 2.24. The van der Waals surface area contributed by atoms with Crippen LogP contribution in [0.4, 0.5) is 0 Å². The highest BCUT2D eigenvalue weighted by Gasteiger charge is 2.14. The predicted octanol–water partition coefficient (Wildman–Crippen LogP) is 2.94. The van der Waals surface area contributed by atoms with Gasteiger partial charge in [-0.05, 0) is 47.5 Å². The van der Waals surface area contributed by atoms with Gasteiger partial charge in [-0.2, -0.15) is 0 Å². The first-order valence-corrected chi connectivity index (χ1v) is 7.07. The zero-order chi connectivity index (χ0) is 17.7. The number of esters is 2. The van der Waals surface area contributed by atoms with Crippen LogP contribution in [-0.4, -0.2) is 40.4 Å². The van der Waals surface area contributed by atoms with Gasteiger partial charge in [0.2, 0.25) is 0 Å². The molecular formula is C18H18O6. The van der Waals surface area contributed by atoms with Crippen LogP contribution in [0.15, 0.2) is 36.4 Å². The molecule has 0 radical (unpaired) electrons. The maximum absolute atomic E-state index is 11.8. The third-order valence-corrected chi connectivity index (χ3v) is 3.46. The van der Waals surface area contributed by atoms with Gasteiger partial charge in [0.25, 0.3) is 0 Å². The smallest absolute Gasteiger partial charge is 0.338 e. The second-order valence-corrected chi connectivity index (χ2v) is 4.88. The number of hydrogen-bond acceptors (Lipinski definition) is 6. The van der Waals surface area contributed by atoms with Gasteiger partial charge in [-0.15, -0.1) is 0 Å². The van der Waals surface area contributed by atoms with Gasteiger partial charge >= 0.3 is 11.9 Å². The molecule has 6 nitrogen and oxygen atoms in total. The van der Waals surface area contributed by atoms with Gasteiger partial charge in [-0.25, -0.2) is 9.59 Å². The van der Waals surface area contributed by atoms with E-state index in [9.17, 15) is 9.59 Å². The summed E-state index contributed by atoms with van der Waals surface area (Å²) in [5.74, 6) is 0.0307. The van der Waals surface area contributed by atoms with Crippen molar-refractivity contribution in [2.45, 2.75) is 0 Å². The standard InChI is InChI=1S/C18H18O6/c1-21-15-7-11(5-13(9-15)17(19)23-3)12-6-14(18(20)24-4)10-16(8-12)22-2/h5-10H,1-4H3. The molecule has 0 aliphatic heterocycles. The summed E-state index contributed by atoms with van der Waals surface area (Å²) in [4.78, 5) is 23.7. The Kier molecular flexibility index (Phi) is 5.42. The molecule has 0 spiro atoms. The predicted molar refractivity (Wildman–Crippen MR) is 87.7 cm³/mol. The third kappa shape index (κ3) is 3.65. The molecule has 0 N–H and O–H groups in total. The van der Waals surface area contributed by atoms with Crippen molar-refractivity contribution < 1.29 is 28.5 Å². The molecule has 0 saturated heterocycles. The summed E-state index contributed by atoms with van der Waals surface area (Å²) < 4.78 is 20.0. The van der Waals surface area contributed by atoms with Crippen LogP contribution >= 0.6 is 0 Å². The molecule has 126 valence electrons. The number of benzene rings is 2. The van der Waals surface area contributed by atoms with E-state index in [4.69, 9.17) is 18.9 Å². The Morgan fingerprint density at radius 3 is 1.29 bits per heavy atom. The van der Waals surface area contributed by atoms with Crippen LogP contribution in [0.3, 0.4) is 0 Å². The molecule has 0 saturated carbocycles. The fraction of sp³-hybridized carbons (Fsp3) is 0.222. The van der Waals surface area contributed by atoms with E-state index < -0.39 is 11.9 Å². The summed E-state index contributed by atoms with van der Waals surface area (Å²) in [6, 6.07) is 9.98. The van der Waals surface area contributed by atoms with Crippen LogP contribution in [0.2, 0.25) is 0 Å².